The number of alkyl halides is 1. The molecule has 0 saturated carbocycles. The Morgan fingerprint density at radius 1 is 0.750 bits per heavy atom. The van der Waals surface area contributed by atoms with Crippen LogP contribution in [0.15, 0.2) is 109 Å². The summed E-state index contributed by atoms with van der Waals surface area (Å²) in [7, 11) is 0. The minimum Gasteiger partial charge on any atom is -0.350 e. The lowest BCUT2D eigenvalue weighted by atomic mass is 10.0. The smallest absolute Gasteiger partial charge is 0.129 e. The number of nitrogens with zero attached hydrogens (tertiary/aromatic N) is 2. The number of hydrogen-bond acceptors (Lipinski definition) is 2. The maximum atomic E-state index is 2.53. The average molecular weight is 532 g/mol. The monoisotopic (exact) mass is 532 g/mol. The molecule has 2 heterocycles. The first kappa shape index (κ1) is 22.4. The molecule has 1 unspecified atom stereocenters. The lowest BCUT2D eigenvalue weighted by Gasteiger charge is -2.40. The minimum absolute atomic E-state index is 0.154. The quantitative estimate of drug-likeness (QED) is 0.162. The largest absolute Gasteiger partial charge is 0.350 e. The Labute approximate surface area is 205 Å². The molecule has 2 aromatic carbocycles. The SMILES string of the molecule is CCN1C(=CC=CC=CC=CC2(I)C=Cc3ccccc3N2CC)C=Cc2ccccc21. The molecule has 0 saturated heterocycles. The van der Waals surface area contributed by atoms with Crippen molar-refractivity contribution < 1.29 is 0 Å². The lowest BCUT2D eigenvalue weighted by Crippen LogP contribution is -2.42. The van der Waals surface area contributed by atoms with Crippen molar-refractivity contribution in [3.63, 3.8) is 0 Å². The van der Waals surface area contributed by atoms with Crippen LogP contribution in [0.1, 0.15) is 25.0 Å². The minimum atomic E-state index is -0.154. The van der Waals surface area contributed by atoms with Gasteiger partial charge < -0.3 is 9.80 Å². The van der Waals surface area contributed by atoms with Crippen LogP contribution >= 0.6 is 22.6 Å². The van der Waals surface area contributed by atoms with E-state index >= 15 is 0 Å². The first-order chi connectivity index (χ1) is 15.7. The van der Waals surface area contributed by atoms with Crippen LogP contribution < -0.4 is 9.80 Å². The Balaban J connectivity index is 1.42. The summed E-state index contributed by atoms with van der Waals surface area (Å²) >= 11 is 2.53. The summed E-state index contributed by atoms with van der Waals surface area (Å²) in [4.78, 5) is 4.77. The fraction of sp³-hybridized carbons (Fsp3) is 0.172. The molecule has 2 aliphatic heterocycles. The van der Waals surface area contributed by atoms with Gasteiger partial charge in [0.15, 0.2) is 0 Å². The van der Waals surface area contributed by atoms with Crippen LogP contribution in [0.3, 0.4) is 0 Å². The molecule has 0 fully saturated rings. The summed E-state index contributed by atoms with van der Waals surface area (Å²) in [5.41, 5.74) is 6.32. The number of para-hydroxylation sites is 2. The molecule has 0 spiro atoms. The summed E-state index contributed by atoms with van der Waals surface area (Å²) in [6, 6.07) is 17.1. The van der Waals surface area contributed by atoms with E-state index in [1.165, 1.54) is 28.2 Å². The fourth-order valence-electron chi connectivity index (χ4n) is 4.23. The van der Waals surface area contributed by atoms with E-state index in [-0.39, 0.29) is 3.55 Å². The van der Waals surface area contributed by atoms with Crippen molar-refractivity contribution in [3.05, 3.63) is 120 Å². The van der Waals surface area contributed by atoms with Crippen molar-refractivity contribution in [1.82, 2.24) is 0 Å². The molecule has 2 aliphatic rings. The first-order valence-corrected chi connectivity index (χ1v) is 12.3. The van der Waals surface area contributed by atoms with Crippen molar-refractivity contribution in [2.75, 3.05) is 22.9 Å². The van der Waals surface area contributed by atoms with Gasteiger partial charge in [0, 0.05) is 30.2 Å². The maximum absolute atomic E-state index is 2.53. The molecule has 0 aliphatic carbocycles. The second kappa shape index (κ2) is 10.2. The van der Waals surface area contributed by atoms with E-state index in [9.17, 15) is 0 Å². The van der Waals surface area contributed by atoms with Gasteiger partial charge in [0.1, 0.15) is 3.55 Å². The average Bonchev–Trinajstić information content (AvgIpc) is 2.83. The number of anilines is 2. The Morgan fingerprint density at radius 3 is 2.16 bits per heavy atom. The number of allylic oxidation sites excluding steroid dienone is 7. The molecular formula is C29H29IN2. The summed E-state index contributed by atoms with van der Waals surface area (Å²) in [6.07, 6.45) is 23.8. The highest BCUT2D eigenvalue weighted by molar-refractivity contribution is 14.1. The van der Waals surface area contributed by atoms with Crippen molar-refractivity contribution in [1.29, 1.82) is 0 Å². The Kier molecular flexibility index (Phi) is 7.15. The second-order valence-corrected chi connectivity index (χ2v) is 9.45. The molecule has 2 nitrogen and oxygen atoms in total. The van der Waals surface area contributed by atoms with E-state index in [0.29, 0.717) is 0 Å². The summed E-state index contributed by atoms with van der Waals surface area (Å²) in [6.45, 7) is 6.30. The number of likely N-dealkylation sites (N-methyl/N-ethyl adjacent to an activating group) is 2. The molecule has 0 amide bonds. The highest BCUT2D eigenvalue weighted by atomic mass is 127. The van der Waals surface area contributed by atoms with Crippen molar-refractivity contribution >= 4 is 46.1 Å². The van der Waals surface area contributed by atoms with E-state index in [1.54, 1.807) is 0 Å². The van der Waals surface area contributed by atoms with Gasteiger partial charge in [0.05, 0.1) is 0 Å². The van der Waals surface area contributed by atoms with E-state index in [0.717, 1.165) is 13.1 Å². The molecule has 3 heteroatoms. The van der Waals surface area contributed by atoms with Crippen LogP contribution in [0.2, 0.25) is 0 Å². The van der Waals surface area contributed by atoms with E-state index < -0.39 is 0 Å². The third kappa shape index (κ3) is 4.68. The number of rotatable bonds is 6. The lowest BCUT2D eigenvalue weighted by molar-refractivity contribution is 0.784. The molecule has 1 atom stereocenters. The molecule has 2 aromatic rings. The van der Waals surface area contributed by atoms with Crippen LogP contribution in [0, 0.1) is 0 Å². The van der Waals surface area contributed by atoms with Crippen LogP contribution in [0.4, 0.5) is 11.4 Å². The van der Waals surface area contributed by atoms with Gasteiger partial charge in [-0.1, -0.05) is 78.9 Å². The number of halogens is 1. The topological polar surface area (TPSA) is 6.48 Å². The van der Waals surface area contributed by atoms with E-state index in [4.69, 9.17) is 0 Å². The standard InChI is InChI=1S/C29H29IN2/c1-3-31-26(20-19-24-14-9-11-17-27(24)31)16-8-6-5-7-13-22-29(30)23-21-25-15-10-12-18-28(25)32(29)4-2/h5-23H,3-4H2,1-2H3. The summed E-state index contributed by atoms with van der Waals surface area (Å²) in [5, 5.41) is 0. The van der Waals surface area contributed by atoms with Crippen LogP contribution in [-0.2, 0) is 0 Å². The van der Waals surface area contributed by atoms with Gasteiger partial charge in [-0.25, -0.2) is 0 Å². The summed E-state index contributed by atoms with van der Waals surface area (Å²) in [5.74, 6) is 0. The molecule has 0 aromatic heterocycles. The van der Waals surface area contributed by atoms with E-state index in [2.05, 4.69) is 162 Å². The number of fused-ring (bicyclic) bond motifs is 2. The zero-order valence-corrected chi connectivity index (χ0v) is 20.8. The predicted octanol–water partition coefficient (Wildman–Crippen LogP) is 7.78. The molecule has 0 bridgehead atoms. The molecule has 0 radical (unpaired) electrons. The van der Waals surface area contributed by atoms with E-state index in [1.807, 2.05) is 0 Å². The predicted molar refractivity (Wildman–Crippen MR) is 149 cm³/mol. The molecule has 32 heavy (non-hydrogen) atoms. The Morgan fingerprint density at radius 2 is 1.41 bits per heavy atom. The normalized spacial score (nSPS) is 21.3. The first-order valence-electron chi connectivity index (χ1n) is 11.2. The number of hydrogen-bond donors (Lipinski definition) is 0. The third-order valence-electron chi connectivity index (χ3n) is 5.78. The zero-order chi connectivity index (χ0) is 22.4. The van der Waals surface area contributed by atoms with Gasteiger partial charge in [-0.05, 0) is 84.0 Å². The molecule has 162 valence electrons. The summed E-state index contributed by atoms with van der Waals surface area (Å²) < 4.78 is -0.154. The second-order valence-electron chi connectivity index (χ2n) is 7.72. The van der Waals surface area contributed by atoms with Crippen LogP contribution in [0.5, 0.6) is 0 Å². The van der Waals surface area contributed by atoms with Gasteiger partial charge in [-0.15, -0.1) is 0 Å². The van der Waals surface area contributed by atoms with Gasteiger partial charge in [-0.2, -0.15) is 0 Å². The van der Waals surface area contributed by atoms with Crippen LogP contribution in [-0.4, -0.2) is 16.6 Å². The number of benzene rings is 2. The highest BCUT2D eigenvalue weighted by Gasteiger charge is 2.31. The van der Waals surface area contributed by atoms with Gasteiger partial charge in [-0.3, -0.25) is 0 Å². The van der Waals surface area contributed by atoms with Crippen molar-refractivity contribution in [3.8, 4) is 0 Å². The van der Waals surface area contributed by atoms with Gasteiger partial charge in [0.2, 0.25) is 0 Å². The highest BCUT2D eigenvalue weighted by Crippen LogP contribution is 2.39. The molecule has 0 N–H and O–H groups in total. The van der Waals surface area contributed by atoms with Gasteiger partial charge >= 0.3 is 0 Å². The van der Waals surface area contributed by atoms with Crippen molar-refractivity contribution in [2.45, 2.75) is 17.4 Å². The fourth-order valence-corrected chi connectivity index (χ4v) is 5.22. The van der Waals surface area contributed by atoms with Crippen molar-refractivity contribution in [2.24, 2.45) is 0 Å². The maximum Gasteiger partial charge on any atom is 0.129 e. The Hall–Kier alpha value is -2.79. The Bertz CT molecular complexity index is 1140. The zero-order valence-electron chi connectivity index (χ0n) is 18.7. The van der Waals surface area contributed by atoms with Crippen LogP contribution in [0.25, 0.3) is 12.2 Å². The molecular weight excluding hydrogens is 503 g/mol. The van der Waals surface area contributed by atoms with Gasteiger partial charge in [0.25, 0.3) is 0 Å². The third-order valence-corrected chi connectivity index (χ3v) is 7.09. The molecule has 4 rings (SSSR count).